The number of aliphatic hydroxyl groups excluding tert-OH is 1. The molecule has 1 atom stereocenters. The lowest BCUT2D eigenvalue weighted by molar-refractivity contribution is 0.0999. The Morgan fingerprint density at radius 2 is 1.74 bits per heavy atom. The monoisotopic (exact) mass is 258 g/mol. The molecule has 0 saturated heterocycles. The smallest absolute Gasteiger partial charge is 0.123 e. The third-order valence-corrected chi connectivity index (χ3v) is 3.67. The van der Waals surface area contributed by atoms with Gasteiger partial charge in [-0.3, -0.25) is 0 Å². The molecule has 1 nitrogen and oxygen atoms in total. The van der Waals surface area contributed by atoms with Gasteiger partial charge in [-0.15, -0.1) is 0 Å². The van der Waals surface area contributed by atoms with Crippen LogP contribution < -0.4 is 0 Å². The number of aliphatic hydroxyl groups is 1. The van der Waals surface area contributed by atoms with Crippen LogP contribution >= 0.6 is 0 Å². The predicted molar refractivity (Wildman–Crippen MR) is 75.6 cm³/mol. The van der Waals surface area contributed by atoms with Gasteiger partial charge in [0.05, 0.1) is 6.10 Å². The number of rotatable bonds is 4. The van der Waals surface area contributed by atoms with E-state index in [1.807, 2.05) is 50.2 Å². The summed E-state index contributed by atoms with van der Waals surface area (Å²) in [6.45, 7) is 4.01. The molecule has 0 heterocycles. The molecule has 2 aromatic rings. The quantitative estimate of drug-likeness (QED) is 0.886. The Balaban J connectivity index is 2.17. The molecule has 0 saturated carbocycles. The normalized spacial score (nSPS) is 13.3. The van der Waals surface area contributed by atoms with E-state index in [-0.39, 0.29) is 11.2 Å². The molecule has 2 heteroatoms. The zero-order valence-electron chi connectivity index (χ0n) is 11.3. The van der Waals surface area contributed by atoms with Gasteiger partial charge in [0, 0.05) is 5.41 Å². The summed E-state index contributed by atoms with van der Waals surface area (Å²) in [5, 5.41) is 10.5. The van der Waals surface area contributed by atoms with Crippen LogP contribution in [-0.2, 0) is 11.8 Å². The lowest BCUT2D eigenvalue weighted by Gasteiger charge is -2.31. The average Bonchev–Trinajstić information content (AvgIpc) is 2.39. The van der Waals surface area contributed by atoms with E-state index in [4.69, 9.17) is 0 Å². The van der Waals surface area contributed by atoms with Gasteiger partial charge in [0.1, 0.15) is 5.82 Å². The molecule has 0 aliphatic carbocycles. The summed E-state index contributed by atoms with van der Waals surface area (Å²) in [7, 11) is 0. The lowest BCUT2D eigenvalue weighted by Crippen LogP contribution is -2.35. The highest BCUT2D eigenvalue weighted by atomic mass is 19.1. The van der Waals surface area contributed by atoms with Crippen molar-refractivity contribution in [3.05, 3.63) is 71.5 Å². The number of benzene rings is 2. The molecule has 0 aliphatic heterocycles. The van der Waals surface area contributed by atoms with Crippen molar-refractivity contribution in [3.8, 4) is 0 Å². The Kier molecular flexibility index (Phi) is 4.01. The lowest BCUT2D eigenvalue weighted by atomic mass is 9.77. The standard InChI is InChI=1S/C17H19FO/c1-17(2,14-8-4-3-5-9-14)16(19)12-13-7-6-10-15(18)11-13/h3-11,16,19H,12H2,1-2H3. The van der Waals surface area contributed by atoms with E-state index in [1.54, 1.807) is 6.07 Å². The van der Waals surface area contributed by atoms with Gasteiger partial charge in [-0.1, -0.05) is 56.3 Å². The minimum Gasteiger partial charge on any atom is -0.392 e. The van der Waals surface area contributed by atoms with Crippen molar-refractivity contribution in [1.82, 2.24) is 0 Å². The highest BCUT2D eigenvalue weighted by molar-refractivity contribution is 5.27. The second kappa shape index (κ2) is 5.54. The molecular weight excluding hydrogens is 239 g/mol. The minimum absolute atomic E-state index is 0.262. The molecule has 0 aromatic heterocycles. The topological polar surface area (TPSA) is 20.2 Å². The van der Waals surface area contributed by atoms with Crippen LogP contribution in [0, 0.1) is 5.82 Å². The maximum atomic E-state index is 13.2. The first-order valence-corrected chi connectivity index (χ1v) is 6.48. The molecule has 0 spiro atoms. The first-order chi connectivity index (χ1) is 9.00. The highest BCUT2D eigenvalue weighted by Crippen LogP contribution is 2.29. The summed E-state index contributed by atoms with van der Waals surface area (Å²) >= 11 is 0. The van der Waals surface area contributed by atoms with Crippen LogP contribution in [0.25, 0.3) is 0 Å². The highest BCUT2D eigenvalue weighted by Gasteiger charge is 2.29. The summed E-state index contributed by atoms with van der Waals surface area (Å²) in [5.41, 5.74) is 1.53. The Morgan fingerprint density at radius 3 is 2.37 bits per heavy atom. The van der Waals surface area contributed by atoms with Crippen molar-refractivity contribution >= 4 is 0 Å². The molecule has 0 radical (unpaired) electrons. The molecule has 2 rings (SSSR count). The fraction of sp³-hybridized carbons (Fsp3) is 0.294. The molecule has 0 fully saturated rings. The molecule has 0 bridgehead atoms. The largest absolute Gasteiger partial charge is 0.392 e. The average molecular weight is 258 g/mol. The first-order valence-electron chi connectivity index (χ1n) is 6.48. The molecule has 2 aromatic carbocycles. The van der Waals surface area contributed by atoms with Gasteiger partial charge in [-0.2, -0.15) is 0 Å². The predicted octanol–water partition coefficient (Wildman–Crippen LogP) is 3.71. The van der Waals surface area contributed by atoms with Gasteiger partial charge >= 0.3 is 0 Å². The second-order valence-corrected chi connectivity index (χ2v) is 5.44. The van der Waals surface area contributed by atoms with Gasteiger partial charge in [-0.05, 0) is 29.7 Å². The van der Waals surface area contributed by atoms with Crippen LogP contribution in [0.5, 0.6) is 0 Å². The van der Waals surface area contributed by atoms with E-state index >= 15 is 0 Å². The van der Waals surface area contributed by atoms with Crippen LogP contribution in [0.4, 0.5) is 4.39 Å². The van der Waals surface area contributed by atoms with Gasteiger partial charge in [0.15, 0.2) is 0 Å². The SMILES string of the molecule is CC(C)(c1ccccc1)C(O)Cc1cccc(F)c1. The molecule has 0 amide bonds. The molecule has 19 heavy (non-hydrogen) atoms. The van der Waals surface area contributed by atoms with Crippen molar-refractivity contribution in [2.24, 2.45) is 0 Å². The summed E-state index contributed by atoms with van der Waals surface area (Å²) in [4.78, 5) is 0. The van der Waals surface area contributed by atoms with Crippen molar-refractivity contribution in [2.45, 2.75) is 31.8 Å². The summed E-state index contributed by atoms with van der Waals surface area (Å²) < 4.78 is 13.2. The summed E-state index contributed by atoms with van der Waals surface area (Å²) in [6.07, 6.45) is -0.115. The van der Waals surface area contributed by atoms with Crippen molar-refractivity contribution in [1.29, 1.82) is 0 Å². The summed E-state index contributed by atoms with van der Waals surface area (Å²) in [5.74, 6) is -0.262. The minimum atomic E-state index is -0.559. The van der Waals surface area contributed by atoms with E-state index in [1.165, 1.54) is 12.1 Å². The van der Waals surface area contributed by atoms with Crippen LogP contribution in [-0.4, -0.2) is 11.2 Å². The Labute approximate surface area is 113 Å². The van der Waals surface area contributed by atoms with Gasteiger partial charge in [0.2, 0.25) is 0 Å². The van der Waals surface area contributed by atoms with Gasteiger partial charge in [-0.25, -0.2) is 4.39 Å². The maximum absolute atomic E-state index is 13.2. The van der Waals surface area contributed by atoms with Gasteiger partial charge < -0.3 is 5.11 Å². The van der Waals surface area contributed by atoms with E-state index in [0.29, 0.717) is 6.42 Å². The Bertz CT molecular complexity index is 534. The zero-order chi connectivity index (χ0) is 13.9. The van der Waals surface area contributed by atoms with E-state index < -0.39 is 6.10 Å². The molecular formula is C17H19FO. The van der Waals surface area contributed by atoms with Crippen LogP contribution in [0.2, 0.25) is 0 Å². The van der Waals surface area contributed by atoms with Gasteiger partial charge in [0.25, 0.3) is 0 Å². The Hall–Kier alpha value is -1.67. The third kappa shape index (κ3) is 3.21. The maximum Gasteiger partial charge on any atom is 0.123 e. The van der Waals surface area contributed by atoms with Crippen molar-refractivity contribution in [2.75, 3.05) is 0 Å². The third-order valence-electron chi connectivity index (χ3n) is 3.67. The van der Waals surface area contributed by atoms with Crippen LogP contribution in [0.1, 0.15) is 25.0 Å². The number of hydrogen-bond acceptors (Lipinski definition) is 1. The molecule has 1 unspecified atom stereocenters. The second-order valence-electron chi connectivity index (χ2n) is 5.44. The molecule has 100 valence electrons. The summed E-state index contributed by atoms with van der Waals surface area (Å²) in [6, 6.07) is 16.3. The fourth-order valence-corrected chi connectivity index (χ4v) is 2.20. The molecule has 1 N–H and O–H groups in total. The van der Waals surface area contributed by atoms with Crippen LogP contribution in [0.15, 0.2) is 54.6 Å². The van der Waals surface area contributed by atoms with E-state index in [0.717, 1.165) is 11.1 Å². The molecule has 0 aliphatic rings. The Morgan fingerprint density at radius 1 is 1.05 bits per heavy atom. The van der Waals surface area contributed by atoms with Crippen LogP contribution in [0.3, 0.4) is 0 Å². The number of halogens is 1. The number of hydrogen-bond donors (Lipinski definition) is 1. The van der Waals surface area contributed by atoms with E-state index in [9.17, 15) is 9.50 Å². The fourth-order valence-electron chi connectivity index (χ4n) is 2.20. The zero-order valence-corrected chi connectivity index (χ0v) is 11.3. The first kappa shape index (κ1) is 13.8. The van der Waals surface area contributed by atoms with Crippen molar-refractivity contribution in [3.63, 3.8) is 0 Å². The van der Waals surface area contributed by atoms with Crippen molar-refractivity contribution < 1.29 is 9.50 Å². The van der Waals surface area contributed by atoms with E-state index in [2.05, 4.69) is 0 Å².